The minimum Gasteiger partial charge on any atom is -0.368 e. The fourth-order valence-corrected chi connectivity index (χ4v) is 1.64. The zero-order valence-electron chi connectivity index (χ0n) is 8.74. The van der Waals surface area contributed by atoms with E-state index in [-0.39, 0.29) is 0 Å². The van der Waals surface area contributed by atoms with Crippen molar-refractivity contribution in [3.05, 3.63) is 30.0 Å². The molecule has 1 aliphatic heterocycles. The summed E-state index contributed by atoms with van der Waals surface area (Å²) in [6.45, 7) is 3.06. The minimum absolute atomic E-state index is 0.854. The fraction of sp³-hybridized carbons (Fsp3) is 0.455. The molecule has 0 aromatic carbocycles. The van der Waals surface area contributed by atoms with Crippen molar-refractivity contribution in [2.24, 2.45) is 0 Å². The Balaban J connectivity index is 1.73. The van der Waals surface area contributed by atoms with Gasteiger partial charge in [-0.25, -0.2) is 0 Å². The first-order valence-corrected chi connectivity index (χ1v) is 5.35. The first kappa shape index (κ1) is 10.1. The van der Waals surface area contributed by atoms with Crippen LogP contribution in [0.1, 0.15) is 12.8 Å². The normalized spacial score (nSPS) is 15.9. The molecule has 0 bridgehead atoms. The van der Waals surface area contributed by atoms with Crippen molar-refractivity contribution in [3.8, 4) is 0 Å². The Labute approximate surface area is 89.8 Å². The van der Waals surface area contributed by atoms with Gasteiger partial charge in [-0.3, -0.25) is 0 Å². The topological polar surface area (TPSA) is 49.8 Å². The number of hydrogen-bond acceptors (Lipinski definition) is 4. The highest BCUT2D eigenvalue weighted by Gasteiger charge is 2.02. The first-order valence-electron chi connectivity index (χ1n) is 5.35. The van der Waals surface area contributed by atoms with Gasteiger partial charge >= 0.3 is 0 Å². The van der Waals surface area contributed by atoms with Gasteiger partial charge in [-0.15, -0.1) is 5.10 Å². The highest BCUT2D eigenvalue weighted by Crippen LogP contribution is 2.09. The van der Waals surface area contributed by atoms with Crippen molar-refractivity contribution in [1.29, 1.82) is 0 Å². The lowest BCUT2D eigenvalue weighted by Crippen LogP contribution is -2.21. The van der Waals surface area contributed by atoms with E-state index in [9.17, 15) is 0 Å². The van der Waals surface area contributed by atoms with E-state index in [2.05, 4.69) is 26.9 Å². The molecule has 80 valence electrons. The van der Waals surface area contributed by atoms with Crippen LogP contribution in [-0.2, 0) is 0 Å². The molecule has 0 radical (unpaired) electrons. The SMILES string of the molecule is C1=C(CCNc2cccnn2)CCNC1. The summed E-state index contributed by atoms with van der Waals surface area (Å²) in [6.07, 6.45) is 6.22. The van der Waals surface area contributed by atoms with Crippen LogP contribution in [-0.4, -0.2) is 29.8 Å². The predicted molar refractivity (Wildman–Crippen MR) is 60.7 cm³/mol. The molecule has 2 N–H and O–H groups in total. The largest absolute Gasteiger partial charge is 0.368 e. The Bertz CT molecular complexity index is 321. The van der Waals surface area contributed by atoms with Crippen LogP contribution < -0.4 is 10.6 Å². The first-order chi connectivity index (χ1) is 7.45. The Kier molecular flexibility index (Phi) is 3.68. The van der Waals surface area contributed by atoms with Crippen molar-refractivity contribution in [3.63, 3.8) is 0 Å². The van der Waals surface area contributed by atoms with E-state index in [1.165, 1.54) is 12.0 Å². The third-order valence-electron chi connectivity index (χ3n) is 2.48. The van der Waals surface area contributed by atoms with Crippen LogP contribution in [0.3, 0.4) is 0 Å². The molecule has 0 unspecified atom stereocenters. The van der Waals surface area contributed by atoms with Crippen LogP contribution in [0.15, 0.2) is 30.0 Å². The van der Waals surface area contributed by atoms with Gasteiger partial charge in [-0.05, 0) is 31.5 Å². The van der Waals surface area contributed by atoms with Crippen molar-refractivity contribution < 1.29 is 0 Å². The summed E-state index contributed by atoms with van der Waals surface area (Å²) in [5.41, 5.74) is 1.53. The van der Waals surface area contributed by atoms with Crippen LogP contribution in [0.25, 0.3) is 0 Å². The molecule has 0 saturated carbocycles. The highest BCUT2D eigenvalue weighted by atomic mass is 15.2. The summed E-state index contributed by atoms with van der Waals surface area (Å²) < 4.78 is 0. The van der Waals surface area contributed by atoms with Crippen molar-refractivity contribution in [2.75, 3.05) is 25.0 Å². The zero-order chi connectivity index (χ0) is 10.3. The molecule has 4 nitrogen and oxygen atoms in total. The number of nitrogens with one attached hydrogen (secondary N) is 2. The van der Waals surface area contributed by atoms with Gasteiger partial charge in [0.2, 0.25) is 0 Å². The monoisotopic (exact) mass is 204 g/mol. The molecule has 0 saturated heterocycles. The average Bonchev–Trinajstić information content (AvgIpc) is 2.32. The minimum atomic E-state index is 0.854. The standard InChI is InChI=1S/C11H16N4/c1-2-11(15-14-6-1)13-9-5-10-3-7-12-8-4-10/h1-3,6,12H,4-5,7-9H2,(H,13,15). The molecule has 2 heterocycles. The molecule has 0 atom stereocenters. The summed E-state index contributed by atoms with van der Waals surface area (Å²) >= 11 is 0. The summed E-state index contributed by atoms with van der Waals surface area (Å²) in [7, 11) is 0. The second kappa shape index (κ2) is 5.46. The maximum atomic E-state index is 3.97. The third-order valence-corrected chi connectivity index (χ3v) is 2.48. The molecule has 1 aromatic heterocycles. The van der Waals surface area contributed by atoms with Crippen LogP contribution in [0, 0.1) is 0 Å². The molecule has 0 aliphatic carbocycles. The Morgan fingerprint density at radius 3 is 3.20 bits per heavy atom. The zero-order valence-corrected chi connectivity index (χ0v) is 8.74. The van der Waals surface area contributed by atoms with Gasteiger partial charge in [-0.1, -0.05) is 11.6 Å². The average molecular weight is 204 g/mol. The molecule has 1 aliphatic rings. The van der Waals surface area contributed by atoms with Gasteiger partial charge in [0.05, 0.1) is 0 Å². The lowest BCUT2D eigenvalue weighted by atomic mass is 10.1. The van der Waals surface area contributed by atoms with Crippen molar-refractivity contribution >= 4 is 5.82 Å². The smallest absolute Gasteiger partial charge is 0.148 e. The summed E-state index contributed by atoms with van der Waals surface area (Å²) in [5, 5.41) is 14.3. The van der Waals surface area contributed by atoms with Gasteiger partial charge in [0.1, 0.15) is 5.82 Å². The van der Waals surface area contributed by atoms with E-state index in [0.717, 1.165) is 31.9 Å². The molecule has 2 rings (SSSR count). The summed E-state index contributed by atoms with van der Waals surface area (Å²) in [5.74, 6) is 0.854. The molecule has 0 spiro atoms. The Morgan fingerprint density at radius 1 is 1.47 bits per heavy atom. The quantitative estimate of drug-likeness (QED) is 0.723. The Hall–Kier alpha value is -1.42. The number of rotatable bonds is 4. The van der Waals surface area contributed by atoms with E-state index < -0.39 is 0 Å². The number of hydrogen-bond donors (Lipinski definition) is 2. The Morgan fingerprint density at radius 2 is 2.47 bits per heavy atom. The second-order valence-corrected chi connectivity index (χ2v) is 3.60. The number of aromatic nitrogens is 2. The van der Waals surface area contributed by atoms with Gasteiger partial charge in [0.15, 0.2) is 0 Å². The van der Waals surface area contributed by atoms with Crippen LogP contribution >= 0.6 is 0 Å². The maximum Gasteiger partial charge on any atom is 0.148 e. The van der Waals surface area contributed by atoms with Crippen molar-refractivity contribution in [1.82, 2.24) is 15.5 Å². The van der Waals surface area contributed by atoms with Crippen LogP contribution in [0.5, 0.6) is 0 Å². The van der Waals surface area contributed by atoms with Crippen LogP contribution in [0.2, 0.25) is 0 Å². The van der Waals surface area contributed by atoms with Gasteiger partial charge in [-0.2, -0.15) is 5.10 Å². The van der Waals surface area contributed by atoms with Gasteiger partial charge in [0, 0.05) is 19.3 Å². The molecular formula is C11H16N4. The lowest BCUT2D eigenvalue weighted by Gasteiger charge is -2.14. The molecule has 4 heteroatoms. The predicted octanol–water partition coefficient (Wildman–Crippen LogP) is 1.20. The molecular weight excluding hydrogens is 188 g/mol. The van der Waals surface area contributed by atoms with Gasteiger partial charge in [0.25, 0.3) is 0 Å². The number of anilines is 1. The number of nitrogens with zero attached hydrogens (tertiary/aromatic N) is 2. The lowest BCUT2D eigenvalue weighted by molar-refractivity contribution is 0.683. The fourth-order valence-electron chi connectivity index (χ4n) is 1.64. The molecule has 15 heavy (non-hydrogen) atoms. The van der Waals surface area contributed by atoms with E-state index in [4.69, 9.17) is 0 Å². The molecule has 0 amide bonds. The maximum absolute atomic E-state index is 3.97. The molecule has 0 fully saturated rings. The van der Waals surface area contributed by atoms with Crippen molar-refractivity contribution in [2.45, 2.75) is 12.8 Å². The summed E-state index contributed by atoms with van der Waals surface area (Å²) in [4.78, 5) is 0. The third kappa shape index (κ3) is 3.32. The van der Waals surface area contributed by atoms with E-state index in [1.807, 2.05) is 12.1 Å². The van der Waals surface area contributed by atoms with E-state index >= 15 is 0 Å². The van der Waals surface area contributed by atoms with Crippen LogP contribution in [0.4, 0.5) is 5.82 Å². The summed E-state index contributed by atoms with van der Waals surface area (Å²) in [6, 6.07) is 3.82. The van der Waals surface area contributed by atoms with E-state index in [0.29, 0.717) is 0 Å². The van der Waals surface area contributed by atoms with E-state index in [1.54, 1.807) is 6.20 Å². The molecule has 1 aromatic rings. The second-order valence-electron chi connectivity index (χ2n) is 3.60. The van der Waals surface area contributed by atoms with Gasteiger partial charge < -0.3 is 10.6 Å². The highest BCUT2D eigenvalue weighted by molar-refractivity contribution is 5.31.